The van der Waals surface area contributed by atoms with Gasteiger partial charge >= 0.3 is 0 Å². The van der Waals surface area contributed by atoms with Crippen molar-refractivity contribution in [3.8, 4) is 11.5 Å². The average Bonchev–Trinajstić information content (AvgIpc) is 2.63. The molecule has 0 aliphatic carbocycles. The summed E-state index contributed by atoms with van der Waals surface area (Å²) in [5.41, 5.74) is 2.36. The van der Waals surface area contributed by atoms with Gasteiger partial charge in [0, 0.05) is 13.1 Å². The number of fused-ring (bicyclic) bond motifs is 1. The Morgan fingerprint density at radius 3 is 1.81 bits per heavy atom. The van der Waals surface area contributed by atoms with Crippen molar-refractivity contribution in [2.45, 2.75) is 96.9 Å². The minimum absolute atomic E-state index is 0.0102. The third-order valence-electron chi connectivity index (χ3n) is 5.72. The monoisotopic (exact) mass is 361 g/mol. The van der Waals surface area contributed by atoms with Crippen molar-refractivity contribution in [3.63, 3.8) is 0 Å². The van der Waals surface area contributed by atoms with E-state index in [4.69, 9.17) is 0 Å². The lowest BCUT2D eigenvalue weighted by atomic mass is 9.98. The zero-order valence-electron chi connectivity index (χ0n) is 16.8. The van der Waals surface area contributed by atoms with Crippen molar-refractivity contribution >= 4 is 0 Å². The number of unbranched alkanes of at least 4 members (excludes halogenated alkanes) is 11. The molecule has 0 radical (unpaired) electrons. The number of benzene rings is 1. The maximum absolute atomic E-state index is 9.68. The highest BCUT2D eigenvalue weighted by atomic mass is 16.3. The molecule has 1 aliphatic rings. The summed E-state index contributed by atoms with van der Waals surface area (Å²) in [6.07, 6.45) is 17.7. The van der Waals surface area contributed by atoms with Crippen LogP contribution in [0.4, 0.5) is 0 Å². The molecule has 0 saturated heterocycles. The molecule has 148 valence electrons. The Hall–Kier alpha value is -1.22. The number of hydrogen-bond acceptors (Lipinski definition) is 3. The van der Waals surface area contributed by atoms with Crippen LogP contribution in [0, 0.1) is 0 Å². The summed E-state index contributed by atoms with van der Waals surface area (Å²) in [6, 6.07) is 3.46. The second-order valence-electron chi connectivity index (χ2n) is 8.02. The van der Waals surface area contributed by atoms with E-state index in [1.54, 1.807) is 12.1 Å². The maximum Gasteiger partial charge on any atom is 0.157 e. The standard InChI is InChI=1S/C23H39NO2/c1-2-3-4-5-6-7-8-9-10-11-12-13-15-24-16-14-20-17-22(25)23(26)18-21(20)19-24/h17-18,25-26H,2-16,19H2,1H3. The lowest BCUT2D eigenvalue weighted by Gasteiger charge is -2.29. The molecule has 26 heavy (non-hydrogen) atoms. The molecule has 0 aromatic heterocycles. The first kappa shape index (κ1) is 21.1. The fourth-order valence-corrected chi connectivity index (χ4v) is 4.01. The van der Waals surface area contributed by atoms with Gasteiger partial charge in [-0.3, -0.25) is 4.90 Å². The second-order valence-corrected chi connectivity index (χ2v) is 8.02. The lowest BCUT2D eigenvalue weighted by molar-refractivity contribution is 0.247. The van der Waals surface area contributed by atoms with Crippen LogP contribution in [0.15, 0.2) is 12.1 Å². The predicted molar refractivity (Wildman–Crippen MR) is 110 cm³/mol. The van der Waals surface area contributed by atoms with E-state index in [1.807, 2.05) is 0 Å². The Bertz CT molecular complexity index is 515. The fourth-order valence-electron chi connectivity index (χ4n) is 4.01. The van der Waals surface area contributed by atoms with E-state index in [0.717, 1.165) is 26.1 Å². The van der Waals surface area contributed by atoms with Gasteiger partial charge in [-0.05, 0) is 42.6 Å². The number of hydrogen-bond donors (Lipinski definition) is 2. The van der Waals surface area contributed by atoms with Crippen LogP contribution in [0.25, 0.3) is 0 Å². The minimum atomic E-state index is 0.0102. The quantitative estimate of drug-likeness (QED) is 0.327. The van der Waals surface area contributed by atoms with E-state index in [-0.39, 0.29) is 11.5 Å². The Morgan fingerprint density at radius 2 is 1.23 bits per heavy atom. The third-order valence-corrected chi connectivity index (χ3v) is 5.72. The Kier molecular flexibility index (Phi) is 9.91. The summed E-state index contributed by atoms with van der Waals surface area (Å²) in [7, 11) is 0. The predicted octanol–water partition coefficient (Wildman–Crippen LogP) is 6.16. The highest BCUT2D eigenvalue weighted by molar-refractivity contribution is 5.46. The highest BCUT2D eigenvalue weighted by Gasteiger charge is 2.17. The lowest BCUT2D eigenvalue weighted by Crippen LogP contribution is -2.31. The first-order valence-electron chi connectivity index (χ1n) is 11.0. The summed E-state index contributed by atoms with van der Waals surface area (Å²) >= 11 is 0. The molecule has 3 nitrogen and oxygen atoms in total. The zero-order chi connectivity index (χ0) is 18.6. The summed E-state index contributed by atoms with van der Waals surface area (Å²) in [6.45, 7) is 5.40. The number of nitrogens with zero attached hydrogens (tertiary/aromatic N) is 1. The van der Waals surface area contributed by atoms with Gasteiger partial charge in [0.15, 0.2) is 11.5 Å². The first-order valence-corrected chi connectivity index (χ1v) is 11.0. The van der Waals surface area contributed by atoms with Crippen LogP contribution >= 0.6 is 0 Å². The molecule has 0 unspecified atom stereocenters. The number of phenolic OH excluding ortho intramolecular Hbond substituents is 2. The molecule has 3 heteroatoms. The van der Waals surface area contributed by atoms with Gasteiger partial charge < -0.3 is 10.2 Å². The van der Waals surface area contributed by atoms with Crippen LogP contribution in [-0.2, 0) is 13.0 Å². The number of phenols is 2. The molecule has 1 heterocycles. The van der Waals surface area contributed by atoms with Crippen molar-refractivity contribution in [1.29, 1.82) is 0 Å². The Balaban J connectivity index is 1.46. The van der Waals surface area contributed by atoms with Crippen molar-refractivity contribution in [2.75, 3.05) is 13.1 Å². The van der Waals surface area contributed by atoms with Crippen LogP contribution in [0.1, 0.15) is 95.1 Å². The molecule has 0 fully saturated rings. The van der Waals surface area contributed by atoms with Crippen molar-refractivity contribution in [3.05, 3.63) is 23.3 Å². The molecule has 0 amide bonds. The zero-order valence-corrected chi connectivity index (χ0v) is 16.8. The maximum atomic E-state index is 9.68. The molecule has 1 aliphatic heterocycles. The topological polar surface area (TPSA) is 43.7 Å². The molecule has 0 spiro atoms. The molecule has 2 N–H and O–H groups in total. The average molecular weight is 362 g/mol. The van der Waals surface area contributed by atoms with E-state index in [1.165, 1.54) is 88.2 Å². The van der Waals surface area contributed by atoms with Crippen molar-refractivity contribution < 1.29 is 10.2 Å². The van der Waals surface area contributed by atoms with Gasteiger partial charge in [0.25, 0.3) is 0 Å². The van der Waals surface area contributed by atoms with E-state index in [0.29, 0.717) is 0 Å². The second kappa shape index (κ2) is 12.2. The molecular weight excluding hydrogens is 322 g/mol. The SMILES string of the molecule is CCCCCCCCCCCCCCN1CCc2cc(O)c(O)cc2C1. The van der Waals surface area contributed by atoms with Crippen LogP contribution in [0.2, 0.25) is 0 Å². The minimum Gasteiger partial charge on any atom is -0.504 e. The molecule has 0 atom stereocenters. The van der Waals surface area contributed by atoms with E-state index in [2.05, 4.69) is 11.8 Å². The van der Waals surface area contributed by atoms with Crippen LogP contribution in [-0.4, -0.2) is 28.2 Å². The van der Waals surface area contributed by atoms with E-state index >= 15 is 0 Å². The number of aromatic hydroxyl groups is 2. The largest absolute Gasteiger partial charge is 0.504 e. The fraction of sp³-hybridized carbons (Fsp3) is 0.739. The van der Waals surface area contributed by atoms with Gasteiger partial charge in [-0.1, -0.05) is 77.6 Å². The molecule has 1 aromatic carbocycles. The highest BCUT2D eigenvalue weighted by Crippen LogP contribution is 2.31. The van der Waals surface area contributed by atoms with Gasteiger partial charge in [-0.25, -0.2) is 0 Å². The number of rotatable bonds is 13. The molecule has 0 saturated carbocycles. The van der Waals surface area contributed by atoms with Gasteiger partial charge in [0.05, 0.1) is 0 Å². The van der Waals surface area contributed by atoms with Gasteiger partial charge in [-0.15, -0.1) is 0 Å². The molecular formula is C23H39NO2. The van der Waals surface area contributed by atoms with Gasteiger partial charge in [0.2, 0.25) is 0 Å². The first-order chi connectivity index (χ1) is 12.7. The Morgan fingerprint density at radius 1 is 0.731 bits per heavy atom. The summed E-state index contributed by atoms with van der Waals surface area (Å²) in [5, 5.41) is 19.3. The normalized spacial score (nSPS) is 14.5. The van der Waals surface area contributed by atoms with Gasteiger partial charge in [-0.2, -0.15) is 0 Å². The molecule has 2 rings (SSSR count). The summed E-state index contributed by atoms with van der Waals surface area (Å²) < 4.78 is 0. The van der Waals surface area contributed by atoms with Crippen molar-refractivity contribution in [1.82, 2.24) is 4.90 Å². The smallest absolute Gasteiger partial charge is 0.157 e. The third kappa shape index (κ3) is 7.57. The Labute approximate surface area is 160 Å². The van der Waals surface area contributed by atoms with Gasteiger partial charge in [0.1, 0.15) is 0 Å². The van der Waals surface area contributed by atoms with Crippen molar-refractivity contribution in [2.24, 2.45) is 0 Å². The molecule has 0 bridgehead atoms. The van der Waals surface area contributed by atoms with Crippen LogP contribution in [0.5, 0.6) is 11.5 Å². The van der Waals surface area contributed by atoms with Crippen LogP contribution in [0.3, 0.4) is 0 Å². The summed E-state index contributed by atoms with van der Waals surface area (Å²) in [4.78, 5) is 2.48. The van der Waals surface area contributed by atoms with E-state index in [9.17, 15) is 10.2 Å². The van der Waals surface area contributed by atoms with Crippen LogP contribution < -0.4 is 0 Å². The van der Waals surface area contributed by atoms with E-state index < -0.39 is 0 Å². The molecule has 1 aromatic rings. The summed E-state index contributed by atoms with van der Waals surface area (Å²) in [5.74, 6) is 0.0223.